The molecule has 12 heteroatoms. The first-order valence-electron chi connectivity index (χ1n) is 12.4. The van der Waals surface area contributed by atoms with Crippen LogP contribution in [-0.2, 0) is 17.8 Å². The molecule has 2 amide bonds. The van der Waals surface area contributed by atoms with Gasteiger partial charge in [-0.2, -0.15) is 0 Å². The molecule has 2 aromatic rings. The number of hydrogen-bond acceptors (Lipinski definition) is 7. The summed E-state index contributed by atoms with van der Waals surface area (Å²) < 4.78 is 39.0. The standard InChI is InChI=1S/C23H26F2N4O5.C2H6.CH4O/c1-4-28-13(2)9-29-18(28)11-27-10-16(20(30)21(34-12-33-3)19(27)23(29)32)22(31)26-8-14-5-6-15(24)7-17(14)25;2*1-2/h5-7,10,13,18H,4,8-9,11-12H2,1-3H3,(H,26,31);1-2H3;2H,1H3. The average molecular weight is 539 g/mol. The number of aliphatic hydroxyl groups is 1. The number of fused-ring (bicyclic) bond motifs is 2. The summed E-state index contributed by atoms with van der Waals surface area (Å²) in [6, 6.07) is 3.14. The quantitative estimate of drug-likeness (QED) is 0.520. The van der Waals surface area contributed by atoms with Crippen LogP contribution in [-0.4, -0.2) is 77.6 Å². The lowest BCUT2D eigenvalue weighted by Gasteiger charge is -2.36. The first-order chi connectivity index (χ1) is 18.3. The molecule has 2 atom stereocenters. The van der Waals surface area contributed by atoms with E-state index in [1.165, 1.54) is 19.4 Å². The third-order valence-corrected chi connectivity index (χ3v) is 6.22. The monoisotopic (exact) mass is 538 g/mol. The number of benzene rings is 1. The second kappa shape index (κ2) is 14.0. The van der Waals surface area contributed by atoms with E-state index in [2.05, 4.69) is 10.2 Å². The molecule has 2 aliphatic rings. The third-order valence-electron chi connectivity index (χ3n) is 6.22. The fourth-order valence-electron chi connectivity index (χ4n) is 4.59. The topological polar surface area (TPSA) is 113 Å². The highest BCUT2D eigenvalue weighted by atomic mass is 19.1. The molecular formula is C26H36F2N4O6. The van der Waals surface area contributed by atoms with Crippen LogP contribution in [0.15, 0.2) is 29.2 Å². The lowest BCUT2D eigenvalue weighted by Crippen LogP contribution is -2.51. The molecule has 1 aromatic heterocycles. The summed E-state index contributed by atoms with van der Waals surface area (Å²) in [5.41, 5.74) is -0.905. The predicted octanol–water partition coefficient (Wildman–Crippen LogP) is 2.18. The Morgan fingerprint density at radius 3 is 2.47 bits per heavy atom. The Morgan fingerprint density at radius 1 is 1.18 bits per heavy atom. The molecule has 3 heterocycles. The van der Waals surface area contributed by atoms with Gasteiger partial charge in [-0.15, -0.1) is 0 Å². The number of rotatable bonds is 7. The van der Waals surface area contributed by atoms with Gasteiger partial charge in [-0.25, -0.2) is 8.78 Å². The summed E-state index contributed by atoms with van der Waals surface area (Å²) in [6.45, 7) is 9.08. The van der Waals surface area contributed by atoms with Crippen LogP contribution in [0.3, 0.4) is 0 Å². The summed E-state index contributed by atoms with van der Waals surface area (Å²) in [7, 11) is 2.37. The number of pyridine rings is 1. The molecule has 1 saturated heterocycles. The molecule has 210 valence electrons. The number of amides is 2. The molecular weight excluding hydrogens is 502 g/mol. The molecule has 38 heavy (non-hydrogen) atoms. The Morgan fingerprint density at radius 2 is 1.87 bits per heavy atom. The number of nitrogens with zero attached hydrogens (tertiary/aromatic N) is 3. The zero-order valence-electron chi connectivity index (χ0n) is 22.6. The molecule has 2 N–H and O–H groups in total. The van der Waals surface area contributed by atoms with Crippen molar-refractivity contribution in [2.75, 3.05) is 34.1 Å². The average Bonchev–Trinajstić information content (AvgIpc) is 3.24. The highest BCUT2D eigenvalue weighted by molar-refractivity contribution is 5.99. The zero-order chi connectivity index (χ0) is 28.6. The molecule has 1 fully saturated rings. The number of likely N-dealkylation sites (N-methyl/N-ethyl adjacent to an activating group) is 1. The Balaban J connectivity index is 0.00000121. The summed E-state index contributed by atoms with van der Waals surface area (Å²) in [5, 5.41) is 9.48. The van der Waals surface area contributed by atoms with Gasteiger partial charge in [0.05, 0.1) is 6.54 Å². The smallest absolute Gasteiger partial charge is 0.275 e. The van der Waals surface area contributed by atoms with Crippen LogP contribution in [0, 0.1) is 11.6 Å². The number of aromatic nitrogens is 1. The number of halogens is 2. The number of hydrogen-bond donors (Lipinski definition) is 2. The molecule has 10 nitrogen and oxygen atoms in total. The van der Waals surface area contributed by atoms with Crippen LogP contribution >= 0.6 is 0 Å². The lowest BCUT2D eigenvalue weighted by molar-refractivity contribution is 0.0392. The van der Waals surface area contributed by atoms with E-state index in [0.29, 0.717) is 19.2 Å². The first kappa shape index (κ1) is 30.9. The minimum Gasteiger partial charge on any atom is -0.461 e. The molecule has 0 bridgehead atoms. The second-order valence-electron chi connectivity index (χ2n) is 8.29. The maximum absolute atomic E-state index is 13.9. The highest BCUT2D eigenvalue weighted by Crippen LogP contribution is 2.31. The summed E-state index contributed by atoms with van der Waals surface area (Å²) in [6.07, 6.45) is 1.11. The summed E-state index contributed by atoms with van der Waals surface area (Å²) in [5.74, 6) is -2.95. The van der Waals surface area contributed by atoms with Gasteiger partial charge in [0.2, 0.25) is 5.43 Å². The van der Waals surface area contributed by atoms with Gasteiger partial charge in [0.25, 0.3) is 11.8 Å². The van der Waals surface area contributed by atoms with Gasteiger partial charge in [-0.1, -0.05) is 26.8 Å². The van der Waals surface area contributed by atoms with Gasteiger partial charge >= 0.3 is 0 Å². The van der Waals surface area contributed by atoms with Gasteiger partial charge in [0.1, 0.15) is 23.4 Å². The molecule has 0 saturated carbocycles. The maximum atomic E-state index is 13.9. The highest BCUT2D eigenvalue weighted by Gasteiger charge is 2.45. The van der Waals surface area contributed by atoms with E-state index in [1.54, 1.807) is 9.47 Å². The molecule has 0 aliphatic carbocycles. The number of carbonyl (C=O) groups excluding carboxylic acids is 2. The Bertz CT molecular complexity index is 1190. The molecule has 0 radical (unpaired) electrons. The fraction of sp³-hybridized carbons (Fsp3) is 0.500. The Hall–Kier alpha value is -3.35. The van der Waals surface area contributed by atoms with E-state index >= 15 is 0 Å². The number of aliphatic hydroxyl groups excluding tert-OH is 1. The number of ether oxygens (including phenoxy) is 2. The van der Waals surface area contributed by atoms with Crippen molar-refractivity contribution >= 4 is 11.8 Å². The number of methoxy groups -OCH3 is 1. The van der Waals surface area contributed by atoms with Crippen molar-refractivity contribution in [2.45, 2.75) is 53.0 Å². The van der Waals surface area contributed by atoms with Gasteiger partial charge in [0.15, 0.2) is 18.2 Å². The maximum Gasteiger partial charge on any atom is 0.275 e. The molecule has 1 aromatic carbocycles. The van der Waals surface area contributed by atoms with Crippen LogP contribution in [0.1, 0.15) is 54.1 Å². The van der Waals surface area contributed by atoms with Crippen LogP contribution in [0.5, 0.6) is 5.75 Å². The van der Waals surface area contributed by atoms with Crippen molar-refractivity contribution in [3.8, 4) is 5.75 Å². The zero-order valence-corrected chi connectivity index (χ0v) is 22.6. The van der Waals surface area contributed by atoms with Crippen molar-refractivity contribution in [1.29, 1.82) is 0 Å². The van der Waals surface area contributed by atoms with Crippen LogP contribution in [0.4, 0.5) is 8.78 Å². The van der Waals surface area contributed by atoms with Crippen molar-refractivity contribution < 1.29 is 33.0 Å². The number of nitrogens with one attached hydrogen (secondary N) is 1. The predicted molar refractivity (Wildman–Crippen MR) is 137 cm³/mol. The van der Waals surface area contributed by atoms with Gasteiger partial charge < -0.3 is 29.4 Å². The minimum absolute atomic E-state index is 0.0598. The van der Waals surface area contributed by atoms with E-state index in [9.17, 15) is 23.2 Å². The SMILES string of the molecule is CC.CCN1C(C)CN2C(=O)c3c(OCOC)c(=O)c(C(=O)NCc4ccc(F)cc4F)cn3CC21.CO. The largest absolute Gasteiger partial charge is 0.461 e. The van der Waals surface area contributed by atoms with Gasteiger partial charge in [0, 0.05) is 51.2 Å². The Labute approximate surface area is 220 Å². The molecule has 4 rings (SSSR count). The van der Waals surface area contributed by atoms with Crippen LogP contribution in [0.25, 0.3) is 0 Å². The van der Waals surface area contributed by atoms with Gasteiger partial charge in [-0.05, 0) is 19.5 Å². The van der Waals surface area contributed by atoms with E-state index in [1.807, 2.05) is 27.7 Å². The van der Waals surface area contributed by atoms with Crippen molar-refractivity contribution in [2.24, 2.45) is 0 Å². The summed E-state index contributed by atoms with van der Waals surface area (Å²) >= 11 is 0. The summed E-state index contributed by atoms with van der Waals surface area (Å²) in [4.78, 5) is 43.3. The molecule has 2 aliphatic heterocycles. The first-order valence-corrected chi connectivity index (χ1v) is 12.4. The van der Waals surface area contributed by atoms with E-state index in [-0.39, 0.29) is 54.0 Å². The Kier molecular flexibility index (Phi) is 11.4. The minimum atomic E-state index is -0.813. The number of carbonyl (C=O) groups is 2. The van der Waals surface area contributed by atoms with Gasteiger partial charge in [-0.3, -0.25) is 19.3 Å². The van der Waals surface area contributed by atoms with Crippen molar-refractivity contribution in [1.82, 2.24) is 19.7 Å². The second-order valence-corrected chi connectivity index (χ2v) is 8.29. The third kappa shape index (κ3) is 6.20. The normalized spacial score (nSPS) is 17.9. The van der Waals surface area contributed by atoms with Crippen LogP contribution < -0.4 is 15.5 Å². The molecule has 0 spiro atoms. The lowest BCUT2D eigenvalue weighted by atomic mass is 10.1. The van der Waals surface area contributed by atoms with Crippen molar-refractivity contribution in [3.05, 3.63) is 63.1 Å². The van der Waals surface area contributed by atoms with E-state index in [0.717, 1.165) is 19.7 Å². The molecule has 2 unspecified atom stereocenters. The van der Waals surface area contributed by atoms with E-state index in [4.69, 9.17) is 14.6 Å². The van der Waals surface area contributed by atoms with E-state index < -0.39 is 23.0 Å². The fourth-order valence-corrected chi connectivity index (χ4v) is 4.59. The van der Waals surface area contributed by atoms with Crippen molar-refractivity contribution in [3.63, 3.8) is 0 Å². The van der Waals surface area contributed by atoms with Crippen LogP contribution in [0.2, 0.25) is 0 Å².